The van der Waals surface area contributed by atoms with Crippen LogP contribution >= 0.6 is 34.4 Å². The van der Waals surface area contributed by atoms with E-state index in [1.54, 1.807) is 35.8 Å². The molecular weight excluding hydrogens is 485 g/mol. The van der Waals surface area contributed by atoms with Crippen molar-refractivity contribution in [2.45, 2.75) is 31.9 Å². The summed E-state index contributed by atoms with van der Waals surface area (Å²) in [5, 5.41) is 14.4. The molecule has 0 radical (unpaired) electrons. The minimum Gasteiger partial charge on any atom is -0.390 e. The Hall–Kier alpha value is -1.88. The van der Waals surface area contributed by atoms with Gasteiger partial charge in [-0.2, -0.15) is 44.5 Å². The molecule has 2 aromatic heterocycles. The Morgan fingerprint density at radius 2 is 1.78 bits per heavy atom. The molecule has 7 nitrogen and oxygen atoms in total. The monoisotopic (exact) mass is 505 g/mol. The number of benzene rings is 1. The summed E-state index contributed by atoms with van der Waals surface area (Å²) in [5.74, 6) is 0.654. The molecule has 2 N–H and O–H groups in total. The number of fused-ring (bicyclic) bond motifs is 1. The van der Waals surface area contributed by atoms with Gasteiger partial charge in [0.25, 0.3) is 12.0 Å². The van der Waals surface area contributed by atoms with Gasteiger partial charge in [-0.1, -0.05) is 24.3 Å². The van der Waals surface area contributed by atoms with E-state index in [9.17, 15) is 18.7 Å². The number of aromatic nitrogens is 4. The molecule has 1 unspecified atom stereocenters. The van der Waals surface area contributed by atoms with Gasteiger partial charge in [-0.15, -0.1) is 0 Å². The van der Waals surface area contributed by atoms with Crippen molar-refractivity contribution < 1.29 is 13.9 Å². The van der Waals surface area contributed by atoms with Gasteiger partial charge < -0.3 is 10.0 Å². The van der Waals surface area contributed by atoms with Gasteiger partial charge in [-0.05, 0) is 24.3 Å². The van der Waals surface area contributed by atoms with E-state index in [0.717, 1.165) is 18.4 Å². The van der Waals surface area contributed by atoms with Crippen LogP contribution in [0.15, 0.2) is 29.1 Å². The number of nitrogens with zero attached hydrogens (tertiary/aromatic N) is 4. The first-order valence-corrected chi connectivity index (χ1v) is 11.0. The lowest BCUT2D eigenvalue weighted by molar-refractivity contribution is 0.151. The van der Waals surface area contributed by atoms with Crippen molar-refractivity contribution >= 4 is 56.3 Å². The maximum Gasteiger partial charge on any atom is 0.450 e. The SMILES string of the molecule is CN(C)c1nc2c(c(CO)nn2C(c2ccc(C(F)F)cc2)C2CC2)c(=O)[nH]1.ClB(Cl)Cl. The molecular formula is C19H21BCl3F2N5O2. The van der Waals surface area contributed by atoms with Crippen molar-refractivity contribution in [3.05, 3.63) is 51.4 Å². The van der Waals surface area contributed by atoms with Crippen molar-refractivity contribution in [2.24, 2.45) is 5.92 Å². The summed E-state index contributed by atoms with van der Waals surface area (Å²) in [5.41, 5.74) is 1.06. The first kappa shape index (κ1) is 24.8. The second-order valence-electron chi connectivity index (χ2n) is 7.53. The van der Waals surface area contributed by atoms with Gasteiger partial charge in [0.2, 0.25) is 5.95 Å². The molecule has 13 heteroatoms. The first-order chi connectivity index (χ1) is 15.1. The summed E-state index contributed by atoms with van der Waals surface area (Å²) in [6, 6.07) is 5.95. The minimum atomic E-state index is -2.53. The van der Waals surface area contributed by atoms with Gasteiger partial charge in [0.1, 0.15) is 11.1 Å². The topological polar surface area (TPSA) is 87.0 Å². The quantitative estimate of drug-likeness (QED) is 0.487. The average Bonchev–Trinajstić information content (AvgIpc) is 3.49. The summed E-state index contributed by atoms with van der Waals surface area (Å²) in [6.07, 6.45) is -0.579. The largest absolute Gasteiger partial charge is 0.450 e. The fourth-order valence-corrected chi connectivity index (χ4v) is 3.48. The van der Waals surface area contributed by atoms with Crippen LogP contribution in [0.2, 0.25) is 0 Å². The molecule has 2 heterocycles. The molecule has 0 bridgehead atoms. The van der Waals surface area contributed by atoms with E-state index in [1.165, 1.54) is 12.1 Å². The van der Waals surface area contributed by atoms with Gasteiger partial charge >= 0.3 is 4.96 Å². The maximum atomic E-state index is 12.9. The van der Waals surface area contributed by atoms with Gasteiger partial charge in [0.15, 0.2) is 5.65 Å². The Bertz CT molecular complexity index is 1120. The van der Waals surface area contributed by atoms with Crippen molar-refractivity contribution in [1.82, 2.24) is 19.7 Å². The number of halogens is 5. The van der Waals surface area contributed by atoms with E-state index in [1.807, 2.05) is 0 Å². The number of rotatable bonds is 6. The lowest BCUT2D eigenvalue weighted by atomic mass is 10.0. The Kier molecular flexibility index (Phi) is 8.03. The van der Waals surface area contributed by atoms with E-state index in [-0.39, 0.29) is 34.2 Å². The first-order valence-electron chi connectivity index (χ1n) is 9.73. The standard InChI is InChI=1S/C19H21F2N5O2.BCl3/c1-25(2)19-22-17-14(18(28)23-19)13(9-27)24-26(17)15(10-3-4-10)11-5-7-12(8-6-11)16(20)21;2-1(3)4/h5-8,10,15-16,27H,3-4,9H2,1-2H3,(H,22,23,28);. The third-order valence-corrected chi connectivity index (χ3v) is 5.06. The van der Waals surface area contributed by atoms with Crippen molar-refractivity contribution in [3.8, 4) is 0 Å². The second-order valence-corrected chi connectivity index (χ2v) is 9.51. The van der Waals surface area contributed by atoms with Crippen LogP contribution in [0.1, 0.15) is 42.1 Å². The summed E-state index contributed by atoms with van der Waals surface area (Å²) in [7, 11) is 3.53. The fourth-order valence-electron chi connectivity index (χ4n) is 3.48. The highest BCUT2D eigenvalue weighted by Crippen LogP contribution is 2.44. The number of alkyl halides is 2. The Morgan fingerprint density at radius 1 is 1.22 bits per heavy atom. The average molecular weight is 507 g/mol. The number of aliphatic hydroxyl groups is 1. The van der Waals surface area contributed by atoms with Crippen LogP contribution in [0.3, 0.4) is 0 Å². The van der Waals surface area contributed by atoms with Gasteiger partial charge in [-0.3, -0.25) is 9.78 Å². The zero-order valence-corrected chi connectivity index (χ0v) is 19.5. The number of H-pyrrole nitrogens is 1. The summed E-state index contributed by atoms with van der Waals surface area (Å²) < 4.78 is 27.5. The van der Waals surface area contributed by atoms with E-state index in [2.05, 4.69) is 15.1 Å². The fraction of sp³-hybridized carbons (Fsp3) is 0.421. The van der Waals surface area contributed by atoms with Crippen LogP contribution in [-0.2, 0) is 6.61 Å². The summed E-state index contributed by atoms with van der Waals surface area (Å²) in [6.45, 7) is -0.392. The maximum absolute atomic E-state index is 12.9. The highest BCUT2D eigenvalue weighted by molar-refractivity contribution is 7.54. The lowest BCUT2D eigenvalue weighted by Gasteiger charge is -2.19. The third kappa shape index (κ3) is 5.54. The Morgan fingerprint density at radius 3 is 2.25 bits per heavy atom. The van der Waals surface area contributed by atoms with Crippen LogP contribution in [0.4, 0.5) is 14.7 Å². The predicted octanol–water partition coefficient (Wildman–Crippen LogP) is 4.30. The summed E-state index contributed by atoms with van der Waals surface area (Å²) >= 11 is 14.4. The zero-order chi connectivity index (χ0) is 23.6. The molecule has 0 aliphatic heterocycles. The molecule has 0 amide bonds. The lowest BCUT2D eigenvalue weighted by Crippen LogP contribution is -2.20. The molecule has 1 saturated carbocycles. The number of aliphatic hydroxyl groups excluding tert-OH is 1. The zero-order valence-electron chi connectivity index (χ0n) is 17.3. The van der Waals surface area contributed by atoms with Crippen LogP contribution in [0.5, 0.6) is 0 Å². The molecule has 0 saturated heterocycles. The smallest absolute Gasteiger partial charge is 0.390 e. The molecule has 1 aliphatic rings. The highest BCUT2D eigenvalue weighted by atomic mass is 35.6. The molecule has 1 aliphatic carbocycles. The van der Waals surface area contributed by atoms with Crippen LogP contribution in [0.25, 0.3) is 11.0 Å². The van der Waals surface area contributed by atoms with E-state index >= 15 is 0 Å². The van der Waals surface area contributed by atoms with Crippen LogP contribution in [0, 0.1) is 5.92 Å². The molecule has 3 aromatic rings. The van der Waals surface area contributed by atoms with Gasteiger partial charge in [0.05, 0.1) is 12.6 Å². The van der Waals surface area contributed by atoms with Gasteiger partial charge in [0, 0.05) is 19.7 Å². The van der Waals surface area contributed by atoms with Crippen molar-refractivity contribution in [3.63, 3.8) is 0 Å². The third-order valence-electron chi connectivity index (χ3n) is 5.06. The van der Waals surface area contributed by atoms with Gasteiger partial charge in [-0.25, -0.2) is 13.5 Å². The second kappa shape index (κ2) is 10.4. The summed E-state index contributed by atoms with van der Waals surface area (Å²) in [4.78, 5) is 20.8. The predicted molar refractivity (Wildman–Crippen MR) is 124 cm³/mol. The molecule has 0 spiro atoms. The molecule has 4 rings (SSSR count). The van der Waals surface area contributed by atoms with E-state index in [4.69, 9.17) is 34.4 Å². The number of anilines is 1. The molecule has 1 atom stereocenters. The molecule has 1 fully saturated rings. The number of hydrogen-bond acceptors (Lipinski definition) is 5. The van der Waals surface area contributed by atoms with Crippen molar-refractivity contribution in [1.29, 1.82) is 0 Å². The number of hydrogen-bond donors (Lipinski definition) is 2. The highest BCUT2D eigenvalue weighted by Gasteiger charge is 2.36. The number of aromatic amines is 1. The van der Waals surface area contributed by atoms with Crippen LogP contribution < -0.4 is 10.5 Å². The Labute approximate surface area is 198 Å². The molecule has 32 heavy (non-hydrogen) atoms. The number of nitrogens with one attached hydrogen (secondary N) is 1. The van der Waals surface area contributed by atoms with Crippen molar-refractivity contribution in [2.75, 3.05) is 19.0 Å². The molecule has 1 aromatic carbocycles. The van der Waals surface area contributed by atoms with E-state index in [0.29, 0.717) is 11.6 Å². The normalized spacial score (nSPS) is 14.3. The van der Waals surface area contributed by atoms with Crippen LogP contribution in [-0.4, -0.2) is 43.9 Å². The van der Waals surface area contributed by atoms with E-state index < -0.39 is 18.0 Å². The Balaban J connectivity index is 0.000000668. The minimum absolute atomic E-state index is 0.0378. The molecule has 172 valence electrons.